The van der Waals surface area contributed by atoms with Gasteiger partial charge in [-0.3, -0.25) is 0 Å². The molecule has 2 rings (SSSR count). The van der Waals surface area contributed by atoms with Gasteiger partial charge in [0.1, 0.15) is 10.8 Å². The summed E-state index contributed by atoms with van der Waals surface area (Å²) in [5.41, 5.74) is 0.814. The molecule has 1 heterocycles. The fourth-order valence-electron chi connectivity index (χ4n) is 1.86. The Morgan fingerprint density at radius 1 is 1.36 bits per heavy atom. The predicted molar refractivity (Wildman–Crippen MR) is 92.6 cm³/mol. The van der Waals surface area contributed by atoms with Crippen LogP contribution in [0.4, 0.5) is 4.39 Å². The first kappa shape index (κ1) is 16.9. The second-order valence-electron chi connectivity index (χ2n) is 4.69. The smallest absolute Gasteiger partial charge is 0.191 e. The molecule has 7 heteroatoms. The van der Waals surface area contributed by atoms with Crippen LogP contribution in [0.25, 0.3) is 0 Å². The van der Waals surface area contributed by atoms with Crippen LogP contribution in [0.5, 0.6) is 0 Å². The predicted octanol–water partition coefficient (Wildman–Crippen LogP) is 3.61. The largest absolute Gasteiger partial charge is 0.357 e. The molecular weight excluding hydrogens is 367 g/mol. The van der Waals surface area contributed by atoms with E-state index in [-0.39, 0.29) is 5.82 Å². The van der Waals surface area contributed by atoms with E-state index in [2.05, 4.69) is 36.5 Å². The average Bonchev–Trinajstić information content (AvgIpc) is 2.86. The van der Waals surface area contributed by atoms with Crippen molar-refractivity contribution >= 4 is 33.2 Å². The minimum Gasteiger partial charge on any atom is -0.357 e. The van der Waals surface area contributed by atoms with E-state index in [9.17, 15) is 4.39 Å². The van der Waals surface area contributed by atoms with E-state index in [1.165, 1.54) is 17.0 Å². The number of thiazole rings is 1. The Hall–Kier alpha value is -1.47. The molecule has 118 valence electrons. The molecule has 0 bridgehead atoms. The number of aliphatic imine (C=N–C) groups is 1. The van der Waals surface area contributed by atoms with E-state index in [4.69, 9.17) is 0 Å². The second kappa shape index (κ2) is 8.24. The van der Waals surface area contributed by atoms with Gasteiger partial charge >= 0.3 is 0 Å². The summed E-state index contributed by atoms with van der Waals surface area (Å²) < 4.78 is 14.1. The zero-order chi connectivity index (χ0) is 15.9. The van der Waals surface area contributed by atoms with Crippen molar-refractivity contribution < 1.29 is 4.39 Å². The van der Waals surface area contributed by atoms with Crippen LogP contribution in [-0.2, 0) is 13.1 Å². The Kier molecular flexibility index (Phi) is 6.33. The van der Waals surface area contributed by atoms with Crippen molar-refractivity contribution in [1.29, 1.82) is 0 Å². The van der Waals surface area contributed by atoms with Crippen LogP contribution in [0.1, 0.15) is 22.4 Å². The van der Waals surface area contributed by atoms with Gasteiger partial charge in [-0.25, -0.2) is 14.4 Å². The summed E-state index contributed by atoms with van der Waals surface area (Å²) in [6, 6.07) is 4.78. The van der Waals surface area contributed by atoms with Crippen molar-refractivity contribution in [3.05, 3.63) is 50.1 Å². The summed E-state index contributed by atoms with van der Waals surface area (Å²) in [7, 11) is 0. The van der Waals surface area contributed by atoms with Crippen molar-refractivity contribution in [3.63, 3.8) is 0 Å². The number of nitrogens with zero attached hydrogens (tertiary/aromatic N) is 2. The summed E-state index contributed by atoms with van der Waals surface area (Å²) in [4.78, 5) is 9.96. The maximum absolute atomic E-state index is 13.4. The molecule has 0 unspecified atom stereocenters. The van der Waals surface area contributed by atoms with Crippen LogP contribution in [0.3, 0.4) is 0 Å². The van der Waals surface area contributed by atoms with Crippen molar-refractivity contribution in [2.24, 2.45) is 4.99 Å². The average molecular weight is 385 g/mol. The lowest BCUT2D eigenvalue weighted by atomic mass is 10.2. The van der Waals surface area contributed by atoms with Gasteiger partial charge in [-0.1, -0.05) is 15.9 Å². The first-order valence-electron chi connectivity index (χ1n) is 6.95. The van der Waals surface area contributed by atoms with E-state index >= 15 is 0 Å². The molecule has 22 heavy (non-hydrogen) atoms. The SMILES string of the molecule is CCNC(=NCc1cc(F)cc(Br)c1)NCc1ncc(C)s1. The highest BCUT2D eigenvalue weighted by atomic mass is 79.9. The lowest BCUT2D eigenvalue weighted by Crippen LogP contribution is -2.36. The third-order valence-corrected chi connectivity index (χ3v) is 4.13. The zero-order valence-electron chi connectivity index (χ0n) is 12.5. The number of benzene rings is 1. The molecule has 1 aromatic heterocycles. The van der Waals surface area contributed by atoms with E-state index in [0.717, 1.165) is 17.1 Å². The zero-order valence-corrected chi connectivity index (χ0v) is 14.9. The minimum absolute atomic E-state index is 0.268. The second-order valence-corrected chi connectivity index (χ2v) is 6.93. The molecule has 0 radical (unpaired) electrons. The fourth-order valence-corrected chi connectivity index (χ4v) is 3.10. The highest BCUT2D eigenvalue weighted by Crippen LogP contribution is 2.15. The maximum atomic E-state index is 13.4. The lowest BCUT2D eigenvalue weighted by Gasteiger charge is -2.10. The Bertz CT molecular complexity index is 636. The fraction of sp³-hybridized carbons (Fsp3) is 0.333. The van der Waals surface area contributed by atoms with Crippen LogP contribution < -0.4 is 10.6 Å². The number of guanidine groups is 1. The number of nitrogens with one attached hydrogen (secondary N) is 2. The third kappa shape index (κ3) is 5.38. The number of aryl methyl sites for hydroxylation is 1. The molecule has 0 fully saturated rings. The highest BCUT2D eigenvalue weighted by molar-refractivity contribution is 9.10. The topological polar surface area (TPSA) is 49.3 Å². The molecule has 2 aromatic rings. The minimum atomic E-state index is -0.268. The monoisotopic (exact) mass is 384 g/mol. The van der Waals surface area contributed by atoms with Crippen molar-refractivity contribution in [1.82, 2.24) is 15.6 Å². The Balaban J connectivity index is 1.99. The molecule has 0 atom stereocenters. The van der Waals surface area contributed by atoms with E-state index in [0.29, 0.717) is 23.5 Å². The molecule has 0 saturated carbocycles. The number of hydrogen-bond donors (Lipinski definition) is 2. The van der Waals surface area contributed by atoms with Gasteiger partial charge in [-0.15, -0.1) is 11.3 Å². The molecule has 1 aromatic carbocycles. The first-order valence-corrected chi connectivity index (χ1v) is 8.56. The summed E-state index contributed by atoms with van der Waals surface area (Å²) in [6.45, 7) is 5.82. The molecule has 0 aliphatic heterocycles. The Morgan fingerprint density at radius 3 is 2.82 bits per heavy atom. The van der Waals surface area contributed by atoms with Crippen LogP contribution in [0, 0.1) is 12.7 Å². The molecule has 0 spiro atoms. The summed E-state index contributed by atoms with van der Waals surface area (Å²) >= 11 is 4.94. The van der Waals surface area contributed by atoms with E-state index in [1.54, 1.807) is 11.3 Å². The van der Waals surface area contributed by atoms with Gasteiger partial charge < -0.3 is 10.6 Å². The molecule has 2 N–H and O–H groups in total. The van der Waals surface area contributed by atoms with Crippen molar-refractivity contribution in [2.75, 3.05) is 6.54 Å². The quantitative estimate of drug-likeness (QED) is 0.611. The Labute approximate surface area is 142 Å². The van der Waals surface area contributed by atoms with Crippen LogP contribution in [-0.4, -0.2) is 17.5 Å². The number of halogens is 2. The highest BCUT2D eigenvalue weighted by Gasteiger charge is 2.03. The molecule has 0 amide bonds. The van der Waals surface area contributed by atoms with Gasteiger partial charge in [0.25, 0.3) is 0 Å². The number of aromatic nitrogens is 1. The van der Waals surface area contributed by atoms with Gasteiger partial charge in [0.2, 0.25) is 0 Å². The standard InChI is InChI=1S/C15H18BrFN4S/c1-3-18-15(21-9-14-19-7-10(2)22-14)20-8-11-4-12(16)6-13(17)5-11/h4-7H,3,8-9H2,1-2H3,(H2,18,20,21). The first-order chi connectivity index (χ1) is 10.6. The van der Waals surface area contributed by atoms with Gasteiger partial charge in [-0.05, 0) is 37.6 Å². The van der Waals surface area contributed by atoms with Crippen LogP contribution >= 0.6 is 27.3 Å². The number of hydrogen-bond acceptors (Lipinski definition) is 3. The normalized spacial score (nSPS) is 11.5. The van der Waals surface area contributed by atoms with Gasteiger partial charge in [0, 0.05) is 22.1 Å². The third-order valence-electron chi connectivity index (χ3n) is 2.76. The van der Waals surface area contributed by atoms with Gasteiger partial charge in [0.05, 0.1) is 13.1 Å². The Morgan fingerprint density at radius 2 is 2.18 bits per heavy atom. The summed E-state index contributed by atoms with van der Waals surface area (Å²) in [6.07, 6.45) is 1.86. The van der Waals surface area contributed by atoms with E-state index < -0.39 is 0 Å². The molecule has 4 nitrogen and oxygen atoms in total. The van der Waals surface area contributed by atoms with Crippen LogP contribution in [0.2, 0.25) is 0 Å². The molecule has 0 aliphatic carbocycles. The number of rotatable bonds is 5. The van der Waals surface area contributed by atoms with Crippen LogP contribution in [0.15, 0.2) is 33.9 Å². The summed E-state index contributed by atoms with van der Waals surface area (Å²) in [5, 5.41) is 7.41. The van der Waals surface area contributed by atoms with Crippen molar-refractivity contribution in [3.8, 4) is 0 Å². The van der Waals surface area contributed by atoms with Gasteiger partial charge in [0.15, 0.2) is 5.96 Å². The molecule has 0 saturated heterocycles. The summed E-state index contributed by atoms with van der Waals surface area (Å²) in [5.74, 6) is 0.423. The van der Waals surface area contributed by atoms with Crippen molar-refractivity contribution in [2.45, 2.75) is 26.9 Å². The van der Waals surface area contributed by atoms with E-state index in [1.807, 2.05) is 26.1 Å². The molecule has 0 aliphatic rings. The molecular formula is C15H18BrFN4S. The van der Waals surface area contributed by atoms with Gasteiger partial charge in [-0.2, -0.15) is 0 Å². The maximum Gasteiger partial charge on any atom is 0.191 e. The lowest BCUT2D eigenvalue weighted by molar-refractivity contribution is 0.624.